The van der Waals surface area contributed by atoms with Crippen molar-refractivity contribution in [2.75, 3.05) is 46.3 Å². The van der Waals surface area contributed by atoms with Crippen molar-refractivity contribution in [2.45, 2.75) is 52.0 Å². The van der Waals surface area contributed by atoms with Crippen LogP contribution in [-0.2, 0) is 0 Å². The fourth-order valence-electron chi connectivity index (χ4n) is 3.62. The lowest BCUT2D eigenvalue weighted by atomic mass is 9.80. The van der Waals surface area contributed by atoms with Gasteiger partial charge in [-0.3, -0.25) is 0 Å². The fraction of sp³-hybridized carbons (Fsp3) is 1.00. The first-order valence-corrected chi connectivity index (χ1v) is 8.25. The first-order valence-electron chi connectivity index (χ1n) is 8.25. The van der Waals surface area contributed by atoms with Crippen LogP contribution in [0.15, 0.2) is 0 Å². The normalized spacial score (nSPS) is 30.2. The van der Waals surface area contributed by atoms with Crippen LogP contribution < -0.4 is 5.32 Å². The van der Waals surface area contributed by atoms with Crippen molar-refractivity contribution in [3.8, 4) is 0 Å². The van der Waals surface area contributed by atoms with E-state index in [4.69, 9.17) is 0 Å². The summed E-state index contributed by atoms with van der Waals surface area (Å²) >= 11 is 0. The maximum absolute atomic E-state index is 3.72. The Hall–Kier alpha value is -0.120. The lowest BCUT2D eigenvalue weighted by Crippen LogP contribution is -2.46. The minimum atomic E-state index is 0.549. The first-order chi connectivity index (χ1) is 9.11. The molecule has 0 amide bonds. The van der Waals surface area contributed by atoms with Crippen LogP contribution in [0.3, 0.4) is 0 Å². The van der Waals surface area contributed by atoms with Crippen LogP contribution in [0.25, 0.3) is 0 Å². The summed E-state index contributed by atoms with van der Waals surface area (Å²) in [6, 6.07) is 0.724. The predicted molar refractivity (Wildman–Crippen MR) is 82.6 cm³/mol. The van der Waals surface area contributed by atoms with Crippen molar-refractivity contribution in [3.05, 3.63) is 0 Å². The second kappa shape index (κ2) is 7.05. The van der Waals surface area contributed by atoms with Gasteiger partial charge in [-0.2, -0.15) is 0 Å². The third kappa shape index (κ3) is 4.73. The molecular weight excluding hydrogens is 234 g/mol. The Morgan fingerprint density at radius 3 is 2.63 bits per heavy atom. The second-order valence-electron chi connectivity index (χ2n) is 7.14. The summed E-state index contributed by atoms with van der Waals surface area (Å²) in [6.45, 7) is 12.4. The molecule has 3 nitrogen and oxygen atoms in total. The van der Waals surface area contributed by atoms with E-state index in [2.05, 4.69) is 36.0 Å². The highest BCUT2D eigenvalue weighted by Crippen LogP contribution is 2.31. The molecule has 2 aliphatic heterocycles. The number of rotatable bonds is 4. The predicted octanol–water partition coefficient (Wildman–Crippen LogP) is 2.18. The molecule has 112 valence electrons. The fourth-order valence-corrected chi connectivity index (χ4v) is 3.62. The Bertz CT molecular complexity index is 259. The van der Waals surface area contributed by atoms with Crippen LogP contribution in [-0.4, -0.2) is 62.2 Å². The first kappa shape index (κ1) is 15.3. The molecule has 2 saturated heterocycles. The maximum Gasteiger partial charge on any atom is 0.0194 e. The molecule has 19 heavy (non-hydrogen) atoms. The van der Waals surface area contributed by atoms with Crippen molar-refractivity contribution in [1.82, 2.24) is 15.1 Å². The van der Waals surface area contributed by atoms with E-state index in [1.165, 1.54) is 71.4 Å². The molecule has 0 radical (unpaired) electrons. The smallest absolute Gasteiger partial charge is 0.0194 e. The molecule has 1 unspecified atom stereocenters. The minimum absolute atomic E-state index is 0.549. The molecule has 2 aliphatic rings. The molecule has 2 fully saturated rings. The van der Waals surface area contributed by atoms with Crippen LogP contribution >= 0.6 is 0 Å². The molecule has 1 atom stereocenters. The SMILES string of the molecule is CCCC1CN(CC2(C)CCN(C)CC2)CCCN1. The van der Waals surface area contributed by atoms with Crippen LogP contribution in [0.2, 0.25) is 0 Å². The van der Waals surface area contributed by atoms with Gasteiger partial charge in [0.2, 0.25) is 0 Å². The summed E-state index contributed by atoms with van der Waals surface area (Å²) in [5.41, 5.74) is 0.549. The van der Waals surface area contributed by atoms with Gasteiger partial charge in [-0.1, -0.05) is 20.3 Å². The van der Waals surface area contributed by atoms with Gasteiger partial charge in [-0.25, -0.2) is 0 Å². The van der Waals surface area contributed by atoms with Gasteiger partial charge in [0.15, 0.2) is 0 Å². The van der Waals surface area contributed by atoms with Gasteiger partial charge >= 0.3 is 0 Å². The topological polar surface area (TPSA) is 18.5 Å². The van der Waals surface area contributed by atoms with E-state index in [-0.39, 0.29) is 0 Å². The molecule has 0 aromatic heterocycles. The number of piperidine rings is 1. The Labute approximate surface area is 119 Å². The molecule has 0 saturated carbocycles. The number of nitrogens with one attached hydrogen (secondary N) is 1. The molecular formula is C16H33N3. The number of likely N-dealkylation sites (tertiary alicyclic amines) is 1. The molecule has 0 aliphatic carbocycles. The Kier molecular flexibility index (Phi) is 5.67. The van der Waals surface area contributed by atoms with E-state index in [0.717, 1.165) is 6.04 Å². The number of hydrogen-bond acceptors (Lipinski definition) is 3. The zero-order chi connectivity index (χ0) is 13.7. The second-order valence-corrected chi connectivity index (χ2v) is 7.14. The summed E-state index contributed by atoms with van der Waals surface area (Å²) < 4.78 is 0. The minimum Gasteiger partial charge on any atom is -0.313 e. The Balaban J connectivity index is 1.85. The van der Waals surface area contributed by atoms with E-state index >= 15 is 0 Å². The summed E-state index contributed by atoms with van der Waals surface area (Å²) in [7, 11) is 2.26. The van der Waals surface area contributed by atoms with Crippen LogP contribution in [0.5, 0.6) is 0 Å². The molecule has 3 heteroatoms. The lowest BCUT2D eigenvalue weighted by molar-refractivity contribution is 0.0852. The highest BCUT2D eigenvalue weighted by molar-refractivity contribution is 4.86. The van der Waals surface area contributed by atoms with Crippen LogP contribution in [0.1, 0.15) is 46.0 Å². The molecule has 0 bridgehead atoms. The third-order valence-electron chi connectivity index (χ3n) is 5.00. The molecule has 0 aromatic rings. The van der Waals surface area contributed by atoms with Crippen LogP contribution in [0, 0.1) is 5.41 Å². The van der Waals surface area contributed by atoms with Gasteiger partial charge in [0.05, 0.1) is 0 Å². The van der Waals surface area contributed by atoms with Gasteiger partial charge in [-0.05, 0) is 64.3 Å². The summed E-state index contributed by atoms with van der Waals surface area (Å²) in [5.74, 6) is 0. The van der Waals surface area contributed by atoms with E-state index in [0.29, 0.717) is 5.41 Å². The van der Waals surface area contributed by atoms with Crippen molar-refractivity contribution in [1.29, 1.82) is 0 Å². The lowest BCUT2D eigenvalue weighted by Gasteiger charge is -2.41. The zero-order valence-corrected chi connectivity index (χ0v) is 13.2. The van der Waals surface area contributed by atoms with Crippen LogP contribution in [0.4, 0.5) is 0 Å². The van der Waals surface area contributed by atoms with E-state index in [1.807, 2.05) is 0 Å². The summed E-state index contributed by atoms with van der Waals surface area (Å²) in [6.07, 6.45) is 6.68. The third-order valence-corrected chi connectivity index (χ3v) is 5.00. The molecule has 1 N–H and O–H groups in total. The Morgan fingerprint density at radius 2 is 1.95 bits per heavy atom. The standard InChI is InChI=1S/C16H33N3/c1-4-6-15-13-19(10-5-9-17-15)14-16(2)7-11-18(3)12-8-16/h15,17H,4-14H2,1-3H3. The van der Waals surface area contributed by atoms with Gasteiger partial charge in [0.25, 0.3) is 0 Å². The highest BCUT2D eigenvalue weighted by Gasteiger charge is 2.31. The van der Waals surface area contributed by atoms with E-state index in [1.54, 1.807) is 0 Å². The molecule has 0 spiro atoms. The summed E-state index contributed by atoms with van der Waals surface area (Å²) in [4.78, 5) is 5.22. The van der Waals surface area contributed by atoms with E-state index in [9.17, 15) is 0 Å². The van der Waals surface area contributed by atoms with Gasteiger partial charge in [0, 0.05) is 19.1 Å². The average molecular weight is 267 g/mol. The zero-order valence-electron chi connectivity index (χ0n) is 13.2. The largest absolute Gasteiger partial charge is 0.313 e. The van der Waals surface area contributed by atoms with Gasteiger partial charge < -0.3 is 15.1 Å². The maximum atomic E-state index is 3.72. The number of nitrogens with zero attached hydrogens (tertiary/aromatic N) is 2. The van der Waals surface area contributed by atoms with E-state index < -0.39 is 0 Å². The molecule has 0 aromatic carbocycles. The molecule has 2 heterocycles. The average Bonchev–Trinajstić information content (AvgIpc) is 2.59. The van der Waals surface area contributed by atoms with Crippen molar-refractivity contribution >= 4 is 0 Å². The summed E-state index contributed by atoms with van der Waals surface area (Å²) in [5, 5.41) is 3.72. The quantitative estimate of drug-likeness (QED) is 0.842. The highest BCUT2D eigenvalue weighted by atomic mass is 15.2. The number of hydrogen-bond donors (Lipinski definition) is 1. The van der Waals surface area contributed by atoms with Crippen molar-refractivity contribution < 1.29 is 0 Å². The molecule has 2 rings (SSSR count). The monoisotopic (exact) mass is 267 g/mol. The van der Waals surface area contributed by atoms with Gasteiger partial charge in [-0.15, -0.1) is 0 Å². The van der Waals surface area contributed by atoms with Crippen molar-refractivity contribution in [3.63, 3.8) is 0 Å². The Morgan fingerprint density at radius 1 is 1.21 bits per heavy atom. The van der Waals surface area contributed by atoms with Crippen molar-refractivity contribution in [2.24, 2.45) is 5.41 Å². The van der Waals surface area contributed by atoms with Gasteiger partial charge in [0.1, 0.15) is 0 Å².